The van der Waals surface area contributed by atoms with E-state index in [1.54, 1.807) is 4.90 Å². The summed E-state index contributed by atoms with van der Waals surface area (Å²) in [6.45, 7) is 5.96. The third kappa shape index (κ3) is 5.14. The number of likely N-dealkylation sites (tertiary alicyclic amines) is 1. The molecule has 186 valence electrons. The van der Waals surface area contributed by atoms with Gasteiger partial charge in [-0.1, -0.05) is 46.0 Å². The number of carbonyl (C=O) groups is 3. The van der Waals surface area contributed by atoms with Gasteiger partial charge in [0.15, 0.2) is 12.3 Å². The van der Waals surface area contributed by atoms with E-state index in [0.717, 1.165) is 56.7 Å². The minimum Gasteiger partial charge on any atom is -0.463 e. The standard InChI is InChI=1S/C24H40N4O5/c1-16(2)13-20-23(30)27-19(14-17-7-5-4-6-8-17)22(29)26(18-9-11-25(3)12-10-18)15-21(27)28(33-20)24(31)32/h16-21H,4-15H2,1-3H3,(H,31,32)/t19-,20+,21?/m0/s1. The van der Waals surface area contributed by atoms with Crippen molar-refractivity contribution in [2.24, 2.45) is 11.8 Å². The van der Waals surface area contributed by atoms with Gasteiger partial charge in [0.2, 0.25) is 5.91 Å². The van der Waals surface area contributed by atoms with Gasteiger partial charge in [-0.05, 0) is 57.7 Å². The van der Waals surface area contributed by atoms with E-state index in [2.05, 4.69) is 11.9 Å². The smallest absolute Gasteiger partial charge is 0.433 e. The van der Waals surface area contributed by atoms with Crippen LogP contribution in [0.25, 0.3) is 0 Å². The number of hydrogen-bond donors (Lipinski definition) is 1. The van der Waals surface area contributed by atoms with Crippen molar-refractivity contribution in [1.82, 2.24) is 19.8 Å². The molecule has 3 saturated heterocycles. The first-order valence-corrected chi connectivity index (χ1v) is 12.8. The number of piperidine rings is 1. The molecule has 4 fully saturated rings. The third-order valence-corrected chi connectivity index (χ3v) is 7.91. The molecule has 1 unspecified atom stereocenters. The summed E-state index contributed by atoms with van der Waals surface area (Å²) >= 11 is 0. The summed E-state index contributed by atoms with van der Waals surface area (Å²) in [6, 6.07) is -0.539. The molecule has 3 aliphatic heterocycles. The largest absolute Gasteiger partial charge is 0.463 e. The van der Waals surface area contributed by atoms with E-state index < -0.39 is 24.4 Å². The molecule has 1 N–H and O–H groups in total. The number of hydrogen-bond acceptors (Lipinski definition) is 5. The summed E-state index contributed by atoms with van der Waals surface area (Å²) in [6.07, 6.45) is 5.58. The van der Waals surface area contributed by atoms with Gasteiger partial charge in [-0.2, -0.15) is 5.06 Å². The highest BCUT2D eigenvalue weighted by atomic mass is 16.7. The molecule has 1 saturated carbocycles. The van der Waals surface area contributed by atoms with Crippen LogP contribution in [-0.2, 0) is 14.4 Å². The summed E-state index contributed by atoms with van der Waals surface area (Å²) in [5, 5.41) is 10.9. The Morgan fingerprint density at radius 1 is 1.06 bits per heavy atom. The Morgan fingerprint density at radius 2 is 1.73 bits per heavy atom. The maximum Gasteiger partial charge on any atom is 0.433 e. The molecular formula is C24H40N4O5. The van der Waals surface area contributed by atoms with Gasteiger partial charge in [-0.15, -0.1) is 0 Å². The second kappa shape index (κ2) is 10.2. The van der Waals surface area contributed by atoms with Crippen LogP contribution in [0.15, 0.2) is 0 Å². The van der Waals surface area contributed by atoms with Gasteiger partial charge in [0.05, 0.1) is 6.54 Å². The van der Waals surface area contributed by atoms with Crippen molar-refractivity contribution in [3.05, 3.63) is 0 Å². The maximum atomic E-state index is 13.9. The number of hydroxylamine groups is 2. The van der Waals surface area contributed by atoms with E-state index in [4.69, 9.17) is 4.84 Å². The molecular weight excluding hydrogens is 424 g/mol. The predicted molar refractivity (Wildman–Crippen MR) is 122 cm³/mol. The summed E-state index contributed by atoms with van der Waals surface area (Å²) in [5.41, 5.74) is 0. The van der Waals surface area contributed by atoms with Crippen LogP contribution in [0.5, 0.6) is 0 Å². The molecule has 1 aliphatic carbocycles. The van der Waals surface area contributed by atoms with Gasteiger partial charge in [-0.3, -0.25) is 14.4 Å². The molecule has 0 aromatic rings. The van der Waals surface area contributed by atoms with E-state index in [1.165, 1.54) is 6.42 Å². The molecule has 0 radical (unpaired) electrons. The Kier molecular flexibility index (Phi) is 7.48. The van der Waals surface area contributed by atoms with Crippen molar-refractivity contribution in [2.45, 2.75) is 96.0 Å². The Morgan fingerprint density at radius 3 is 2.33 bits per heavy atom. The van der Waals surface area contributed by atoms with Crippen LogP contribution in [0.3, 0.4) is 0 Å². The molecule has 9 heteroatoms. The quantitative estimate of drug-likeness (QED) is 0.673. The number of carbonyl (C=O) groups excluding carboxylic acids is 2. The van der Waals surface area contributed by atoms with Crippen molar-refractivity contribution in [3.8, 4) is 0 Å². The van der Waals surface area contributed by atoms with Crippen LogP contribution in [0.1, 0.15) is 71.6 Å². The minimum atomic E-state index is -1.21. The summed E-state index contributed by atoms with van der Waals surface area (Å²) < 4.78 is 0. The Hall–Kier alpha value is -1.87. The predicted octanol–water partition coefficient (Wildman–Crippen LogP) is 2.76. The number of fused-ring (bicyclic) bond motifs is 1. The Bertz CT molecular complexity index is 732. The number of piperazine rings is 1. The molecule has 3 heterocycles. The molecule has 4 aliphatic rings. The molecule has 3 amide bonds. The lowest BCUT2D eigenvalue weighted by Crippen LogP contribution is -2.74. The van der Waals surface area contributed by atoms with Crippen LogP contribution in [0, 0.1) is 11.8 Å². The lowest BCUT2D eigenvalue weighted by molar-refractivity contribution is -0.269. The minimum absolute atomic E-state index is 0.00439. The first-order chi connectivity index (χ1) is 15.8. The van der Waals surface area contributed by atoms with Crippen molar-refractivity contribution in [3.63, 3.8) is 0 Å². The number of rotatable bonds is 5. The van der Waals surface area contributed by atoms with Crippen LogP contribution in [-0.4, -0.2) is 93.8 Å². The van der Waals surface area contributed by atoms with Gasteiger partial charge >= 0.3 is 6.09 Å². The van der Waals surface area contributed by atoms with Gasteiger partial charge in [0, 0.05) is 6.04 Å². The van der Waals surface area contributed by atoms with Crippen molar-refractivity contribution >= 4 is 17.9 Å². The number of nitrogens with zero attached hydrogens (tertiary/aromatic N) is 4. The molecule has 0 bridgehead atoms. The third-order valence-electron chi connectivity index (χ3n) is 7.91. The zero-order valence-corrected chi connectivity index (χ0v) is 20.3. The van der Waals surface area contributed by atoms with Crippen molar-refractivity contribution in [1.29, 1.82) is 0 Å². The molecule has 3 atom stereocenters. The van der Waals surface area contributed by atoms with Crippen molar-refractivity contribution < 1.29 is 24.3 Å². The summed E-state index contributed by atoms with van der Waals surface area (Å²) in [5.74, 6) is 0.320. The van der Waals surface area contributed by atoms with Crippen LogP contribution < -0.4 is 0 Å². The first kappa shape index (κ1) is 24.3. The lowest BCUT2D eigenvalue weighted by atomic mass is 9.83. The summed E-state index contributed by atoms with van der Waals surface area (Å²) in [7, 11) is 2.08. The zero-order chi connectivity index (χ0) is 23.7. The van der Waals surface area contributed by atoms with E-state index in [0.29, 0.717) is 18.8 Å². The maximum absolute atomic E-state index is 13.9. The Labute approximate surface area is 196 Å². The van der Waals surface area contributed by atoms with E-state index in [9.17, 15) is 19.5 Å². The van der Waals surface area contributed by atoms with Crippen LogP contribution in [0.4, 0.5) is 4.79 Å². The molecule has 4 rings (SSSR count). The number of carboxylic acid groups (broad SMARTS) is 1. The first-order valence-electron chi connectivity index (χ1n) is 12.8. The molecule has 9 nitrogen and oxygen atoms in total. The average molecular weight is 465 g/mol. The molecule has 0 aromatic carbocycles. The van der Waals surface area contributed by atoms with Crippen molar-refractivity contribution in [2.75, 3.05) is 26.7 Å². The molecule has 33 heavy (non-hydrogen) atoms. The highest BCUT2D eigenvalue weighted by molar-refractivity contribution is 5.92. The second-order valence-corrected chi connectivity index (χ2v) is 10.8. The van der Waals surface area contributed by atoms with Crippen LogP contribution >= 0.6 is 0 Å². The van der Waals surface area contributed by atoms with Gasteiger partial charge in [-0.25, -0.2) is 4.79 Å². The average Bonchev–Trinajstić information content (AvgIpc) is 2.78. The molecule has 0 aromatic heterocycles. The SMILES string of the molecule is CC(C)C[C@H]1ON(C(=O)O)C2CN(C3CCN(C)CC3)C(=O)[C@H](CC3CCCCC3)N2C1=O. The van der Waals surface area contributed by atoms with E-state index >= 15 is 0 Å². The second-order valence-electron chi connectivity index (χ2n) is 10.8. The molecule has 0 spiro atoms. The van der Waals surface area contributed by atoms with E-state index in [-0.39, 0.29) is 30.3 Å². The van der Waals surface area contributed by atoms with Gasteiger partial charge < -0.3 is 19.8 Å². The summed E-state index contributed by atoms with van der Waals surface area (Å²) in [4.78, 5) is 51.2. The lowest BCUT2D eigenvalue weighted by Gasteiger charge is -2.54. The highest BCUT2D eigenvalue weighted by Gasteiger charge is 2.54. The fourth-order valence-corrected chi connectivity index (χ4v) is 6.11. The van der Waals surface area contributed by atoms with Gasteiger partial charge in [0.1, 0.15) is 6.04 Å². The zero-order valence-electron chi connectivity index (χ0n) is 20.3. The fourth-order valence-electron chi connectivity index (χ4n) is 6.11. The van der Waals surface area contributed by atoms with Gasteiger partial charge in [0.25, 0.3) is 5.91 Å². The number of amides is 3. The topological polar surface area (TPSA) is 93.6 Å². The monoisotopic (exact) mass is 464 g/mol. The van der Waals surface area contributed by atoms with E-state index in [1.807, 2.05) is 18.7 Å². The van der Waals surface area contributed by atoms with Crippen LogP contribution in [0.2, 0.25) is 0 Å². The highest BCUT2D eigenvalue weighted by Crippen LogP contribution is 2.36. The fraction of sp³-hybridized carbons (Fsp3) is 0.875. The normalized spacial score (nSPS) is 30.8. The Balaban J connectivity index is 1.65.